The van der Waals surface area contributed by atoms with Gasteiger partial charge in [0.05, 0.1) is 0 Å². The van der Waals surface area contributed by atoms with Gasteiger partial charge in [-0.3, -0.25) is 19.4 Å². The molecule has 1 saturated carbocycles. The lowest BCUT2D eigenvalue weighted by molar-refractivity contribution is -0.124. The van der Waals surface area contributed by atoms with E-state index in [0.29, 0.717) is 18.7 Å². The van der Waals surface area contributed by atoms with Crippen molar-refractivity contribution in [1.82, 2.24) is 10.3 Å². The molecule has 2 aromatic carbocycles. The zero-order valence-corrected chi connectivity index (χ0v) is 18.1. The number of rotatable bonds is 5. The van der Waals surface area contributed by atoms with Gasteiger partial charge in [0.25, 0.3) is 5.91 Å². The van der Waals surface area contributed by atoms with Crippen LogP contribution in [0.15, 0.2) is 48.7 Å². The number of pyridine rings is 1. The number of Topliss-reactive ketones (excluding diaryl/α,β-unsaturated/α-hetero) is 2. The second-order valence-corrected chi connectivity index (χ2v) is 8.44. The molecule has 31 heavy (non-hydrogen) atoms. The number of carbonyl (C=O) groups excluding carboxylic acids is 3. The van der Waals surface area contributed by atoms with E-state index in [1.165, 1.54) is 0 Å². The minimum absolute atomic E-state index is 0.0212. The minimum atomic E-state index is -0.680. The first-order chi connectivity index (χ1) is 14.9. The molecule has 2 atom stereocenters. The number of carbonyl (C=O) groups is 3. The Morgan fingerprint density at radius 3 is 2.52 bits per heavy atom. The van der Waals surface area contributed by atoms with Crippen LogP contribution in [-0.2, 0) is 9.59 Å². The molecule has 0 saturated heterocycles. The van der Waals surface area contributed by atoms with E-state index in [2.05, 4.69) is 10.3 Å². The number of aryl methyl sites for hydroxylation is 3. The fraction of sp³-hybridized carbons (Fsp3) is 0.308. The summed E-state index contributed by atoms with van der Waals surface area (Å²) in [4.78, 5) is 42.7. The van der Waals surface area contributed by atoms with Crippen LogP contribution in [-0.4, -0.2) is 29.0 Å². The van der Waals surface area contributed by atoms with Crippen molar-refractivity contribution in [3.05, 3.63) is 76.6 Å². The molecule has 2 unspecified atom stereocenters. The van der Waals surface area contributed by atoms with Crippen LogP contribution in [0.3, 0.4) is 0 Å². The Hall–Kier alpha value is -3.34. The van der Waals surface area contributed by atoms with E-state index in [4.69, 9.17) is 0 Å². The molecule has 158 valence electrons. The molecule has 1 aliphatic rings. The first-order valence-electron chi connectivity index (χ1n) is 10.6. The van der Waals surface area contributed by atoms with Gasteiger partial charge in [0.2, 0.25) is 0 Å². The minimum Gasteiger partial charge on any atom is -0.351 e. The maximum absolute atomic E-state index is 13.1. The fourth-order valence-electron chi connectivity index (χ4n) is 4.79. The predicted molar refractivity (Wildman–Crippen MR) is 120 cm³/mol. The van der Waals surface area contributed by atoms with Crippen LogP contribution >= 0.6 is 0 Å². The third-order valence-corrected chi connectivity index (χ3v) is 6.15. The number of benzene rings is 2. The van der Waals surface area contributed by atoms with Crippen molar-refractivity contribution < 1.29 is 14.4 Å². The molecule has 1 amide bonds. The fourth-order valence-corrected chi connectivity index (χ4v) is 4.79. The smallest absolute Gasteiger partial charge is 0.270 e. The Morgan fingerprint density at radius 1 is 1.06 bits per heavy atom. The molecule has 5 heteroatoms. The topological polar surface area (TPSA) is 76.1 Å². The molecule has 1 heterocycles. The van der Waals surface area contributed by atoms with E-state index in [0.717, 1.165) is 33.0 Å². The molecule has 5 nitrogen and oxygen atoms in total. The van der Waals surface area contributed by atoms with Crippen LogP contribution in [0.2, 0.25) is 0 Å². The lowest BCUT2D eigenvalue weighted by atomic mass is 9.86. The summed E-state index contributed by atoms with van der Waals surface area (Å²) in [7, 11) is 0. The van der Waals surface area contributed by atoms with Crippen molar-refractivity contribution >= 4 is 28.2 Å². The van der Waals surface area contributed by atoms with Crippen molar-refractivity contribution in [2.45, 2.75) is 39.5 Å². The van der Waals surface area contributed by atoms with Crippen LogP contribution in [0.1, 0.15) is 51.5 Å². The van der Waals surface area contributed by atoms with Crippen LogP contribution in [0.25, 0.3) is 10.8 Å². The lowest BCUT2D eigenvalue weighted by Crippen LogP contribution is -2.28. The van der Waals surface area contributed by atoms with Gasteiger partial charge in [-0.25, -0.2) is 0 Å². The SMILES string of the molecule is Cc1cc(C)c(C2C(=O)CC(CCNC(=O)c3nccc4ccccc34)C2=O)c(C)c1. The number of aromatic nitrogens is 1. The lowest BCUT2D eigenvalue weighted by Gasteiger charge is -2.16. The summed E-state index contributed by atoms with van der Waals surface area (Å²) in [6.45, 7) is 6.26. The Morgan fingerprint density at radius 2 is 1.77 bits per heavy atom. The van der Waals surface area contributed by atoms with Gasteiger partial charge in [0, 0.05) is 30.5 Å². The first kappa shape index (κ1) is 20.9. The highest BCUT2D eigenvalue weighted by atomic mass is 16.2. The van der Waals surface area contributed by atoms with Gasteiger partial charge < -0.3 is 5.32 Å². The Labute approximate surface area is 181 Å². The molecule has 3 aromatic rings. The number of fused-ring (bicyclic) bond motifs is 1. The van der Waals surface area contributed by atoms with Crippen LogP contribution in [0, 0.1) is 26.7 Å². The molecule has 1 N–H and O–H groups in total. The summed E-state index contributed by atoms with van der Waals surface area (Å²) in [5, 5.41) is 4.61. The number of nitrogens with one attached hydrogen (secondary N) is 1. The van der Waals surface area contributed by atoms with Crippen molar-refractivity contribution in [3.63, 3.8) is 0 Å². The molecule has 1 aromatic heterocycles. The molecule has 0 radical (unpaired) electrons. The quantitative estimate of drug-likeness (QED) is 0.634. The first-order valence-corrected chi connectivity index (χ1v) is 10.6. The van der Waals surface area contributed by atoms with Gasteiger partial charge in [0.15, 0.2) is 5.78 Å². The van der Waals surface area contributed by atoms with Gasteiger partial charge in [0.1, 0.15) is 17.4 Å². The van der Waals surface area contributed by atoms with Gasteiger partial charge >= 0.3 is 0 Å². The number of hydrogen-bond acceptors (Lipinski definition) is 4. The van der Waals surface area contributed by atoms with E-state index in [-0.39, 0.29) is 29.8 Å². The van der Waals surface area contributed by atoms with E-state index < -0.39 is 5.92 Å². The third-order valence-electron chi connectivity index (χ3n) is 6.15. The molecular weight excluding hydrogens is 388 g/mol. The van der Waals surface area contributed by atoms with E-state index >= 15 is 0 Å². The molecule has 1 aliphatic carbocycles. The van der Waals surface area contributed by atoms with E-state index in [1.54, 1.807) is 6.20 Å². The summed E-state index contributed by atoms with van der Waals surface area (Å²) in [6, 6.07) is 13.5. The second kappa shape index (κ2) is 8.42. The number of amides is 1. The van der Waals surface area contributed by atoms with Gasteiger partial charge in [-0.1, -0.05) is 42.0 Å². The summed E-state index contributed by atoms with van der Waals surface area (Å²) in [5.41, 5.74) is 4.32. The highest BCUT2D eigenvalue weighted by Crippen LogP contribution is 2.37. The van der Waals surface area contributed by atoms with Crippen molar-refractivity contribution in [2.75, 3.05) is 6.54 Å². The summed E-state index contributed by atoms with van der Waals surface area (Å²) in [6.07, 6.45) is 2.30. The average Bonchev–Trinajstić information content (AvgIpc) is 3.00. The molecule has 4 rings (SSSR count). The van der Waals surface area contributed by atoms with Gasteiger partial charge in [-0.15, -0.1) is 0 Å². The number of nitrogens with zero attached hydrogens (tertiary/aromatic N) is 1. The number of hydrogen-bond donors (Lipinski definition) is 1. The molecule has 0 bridgehead atoms. The van der Waals surface area contributed by atoms with Crippen LogP contribution < -0.4 is 5.32 Å². The van der Waals surface area contributed by atoms with Gasteiger partial charge in [-0.2, -0.15) is 0 Å². The average molecular weight is 415 g/mol. The molecular formula is C26H26N2O3. The van der Waals surface area contributed by atoms with Crippen LogP contribution in [0.5, 0.6) is 0 Å². The van der Waals surface area contributed by atoms with Crippen molar-refractivity contribution in [1.29, 1.82) is 0 Å². The maximum atomic E-state index is 13.1. The molecule has 1 fully saturated rings. The zero-order chi connectivity index (χ0) is 22.1. The Kier molecular flexibility index (Phi) is 5.68. The predicted octanol–water partition coefficient (Wildman–Crippen LogP) is 4.22. The molecule has 0 spiro atoms. The highest BCUT2D eigenvalue weighted by molar-refractivity contribution is 6.15. The summed E-state index contributed by atoms with van der Waals surface area (Å²) >= 11 is 0. The van der Waals surface area contributed by atoms with E-state index in [9.17, 15) is 14.4 Å². The normalized spacial score (nSPS) is 18.5. The summed E-state index contributed by atoms with van der Waals surface area (Å²) in [5.74, 6) is -1.36. The largest absolute Gasteiger partial charge is 0.351 e. The standard InChI is InChI=1S/C26H26N2O3/c1-15-12-16(2)22(17(3)13-15)23-21(29)14-19(25(23)30)9-11-28-26(31)24-20-7-5-4-6-18(20)8-10-27-24/h4-8,10,12-13,19,23H,9,11,14H2,1-3H3,(H,28,31). The van der Waals surface area contributed by atoms with Gasteiger partial charge in [-0.05, 0) is 55.3 Å². The maximum Gasteiger partial charge on any atom is 0.270 e. The zero-order valence-electron chi connectivity index (χ0n) is 18.1. The van der Waals surface area contributed by atoms with E-state index in [1.807, 2.05) is 63.2 Å². The van der Waals surface area contributed by atoms with Crippen molar-refractivity contribution in [2.24, 2.45) is 5.92 Å². The Balaban J connectivity index is 1.44. The Bertz CT molecular complexity index is 1170. The second-order valence-electron chi connectivity index (χ2n) is 8.44. The summed E-state index contributed by atoms with van der Waals surface area (Å²) < 4.78 is 0. The van der Waals surface area contributed by atoms with Crippen molar-refractivity contribution in [3.8, 4) is 0 Å². The monoisotopic (exact) mass is 414 g/mol. The molecule has 0 aliphatic heterocycles. The van der Waals surface area contributed by atoms with Crippen LogP contribution in [0.4, 0.5) is 0 Å². The highest BCUT2D eigenvalue weighted by Gasteiger charge is 2.42. The third kappa shape index (κ3) is 4.00. The number of ketones is 2.